The SMILES string of the molecule is CC(C)(C)c1cc(NC(=O)CCCCCCCCCCC(=O)Nc2cc(C(C)(C)C)c(O)c(C(C)(C)C)c2)cc(C(C)(C)C)c1O. The standard InChI is InChI=1S/C40H64N2O4/c1-37(2,3)29-23-27(24-30(35(29)45)38(4,5)6)41-33(43)21-19-17-15-13-14-16-18-20-22-34(44)42-28-25-31(39(7,8)9)36(46)32(26-28)40(10,11)12/h23-26,45-46H,13-22H2,1-12H3,(H,41,43)(H,42,44). The van der Waals surface area contributed by atoms with Gasteiger partial charge >= 0.3 is 0 Å². The summed E-state index contributed by atoms with van der Waals surface area (Å²) in [5, 5.41) is 28.0. The van der Waals surface area contributed by atoms with E-state index in [1.165, 1.54) is 0 Å². The summed E-state index contributed by atoms with van der Waals surface area (Å²) in [5.41, 5.74) is 3.93. The molecule has 258 valence electrons. The highest BCUT2D eigenvalue weighted by molar-refractivity contribution is 5.91. The van der Waals surface area contributed by atoms with Crippen LogP contribution in [0.1, 0.15) is 170 Å². The van der Waals surface area contributed by atoms with E-state index in [1.807, 2.05) is 24.3 Å². The first-order valence-electron chi connectivity index (χ1n) is 17.4. The molecular formula is C40H64N2O4. The summed E-state index contributed by atoms with van der Waals surface area (Å²) < 4.78 is 0. The van der Waals surface area contributed by atoms with Gasteiger partial charge in [-0.3, -0.25) is 9.59 Å². The number of carbonyl (C=O) groups is 2. The minimum Gasteiger partial charge on any atom is -0.507 e. The van der Waals surface area contributed by atoms with Crippen LogP contribution in [0.2, 0.25) is 0 Å². The van der Waals surface area contributed by atoms with Crippen LogP contribution in [0.25, 0.3) is 0 Å². The van der Waals surface area contributed by atoms with Gasteiger partial charge in [0, 0.05) is 46.5 Å². The fraction of sp³-hybridized carbons (Fsp3) is 0.650. The molecule has 2 aromatic rings. The number of unbranched alkanes of at least 4 members (excludes halogenated alkanes) is 7. The molecule has 0 aliphatic rings. The van der Waals surface area contributed by atoms with Crippen LogP contribution in [0.4, 0.5) is 11.4 Å². The zero-order valence-corrected chi connectivity index (χ0v) is 31.1. The summed E-state index contributed by atoms with van der Waals surface area (Å²) in [5.74, 6) is 0.667. The first-order chi connectivity index (χ1) is 21.0. The van der Waals surface area contributed by atoms with Crippen LogP contribution in [0.15, 0.2) is 24.3 Å². The Morgan fingerprint density at radius 1 is 0.457 bits per heavy atom. The van der Waals surface area contributed by atoms with Crippen LogP contribution in [-0.2, 0) is 31.2 Å². The second-order valence-electron chi connectivity index (χ2n) is 17.3. The van der Waals surface area contributed by atoms with Gasteiger partial charge in [0.05, 0.1) is 0 Å². The maximum atomic E-state index is 12.7. The van der Waals surface area contributed by atoms with Gasteiger partial charge in [-0.2, -0.15) is 0 Å². The van der Waals surface area contributed by atoms with Crippen LogP contribution in [0, 0.1) is 0 Å². The van der Waals surface area contributed by atoms with Gasteiger partial charge in [-0.25, -0.2) is 0 Å². The predicted molar refractivity (Wildman–Crippen MR) is 194 cm³/mol. The maximum Gasteiger partial charge on any atom is 0.224 e. The Bertz CT molecular complexity index is 1160. The number of hydrogen-bond acceptors (Lipinski definition) is 4. The number of amides is 2. The first-order valence-corrected chi connectivity index (χ1v) is 17.4. The van der Waals surface area contributed by atoms with Gasteiger partial charge in [0.2, 0.25) is 11.8 Å². The third-order valence-electron chi connectivity index (χ3n) is 8.58. The van der Waals surface area contributed by atoms with E-state index in [0.717, 1.165) is 85.0 Å². The summed E-state index contributed by atoms with van der Waals surface area (Å²) in [6, 6.07) is 7.63. The van der Waals surface area contributed by atoms with Crippen molar-refractivity contribution in [2.24, 2.45) is 0 Å². The number of rotatable bonds is 13. The molecule has 0 aromatic heterocycles. The van der Waals surface area contributed by atoms with E-state index >= 15 is 0 Å². The van der Waals surface area contributed by atoms with E-state index in [1.54, 1.807) is 0 Å². The molecule has 0 aliphatic heterocycles. The highest BCUT2D eigenvalue weighted by Crippen LogP contribution is 2.42. The van der Waals surface area contributed by atoms with Crippen LogP contribution >= 0.6 is 0 Å². The Kier molecular flexibility index (Phi) is 13.4. The number of nitrogens with one attached hydrogen (secondary N) is 2. The van der Waals surface area contributed by atoms with Crippen molar-refractivity contribution in [2.45, 2.75) is 169 Å². The van der Waals surface area contributed by atoms with E-state index in [9.17, 15) is 19.8 Å². The Labute approximate surface area is 280 Å². The molecule has 4 N–H and O–H groups in total. The topological polar surface area (TPSA) is 98.7 Å². The van der Waals surface area contributed by atoms with Crippen LogP contribution in [0.5, 0.6) is 11.5 Å². The molecule has 6 nitrogen and oxygen atoms in total. The van der Waals surface area contributed by atoms with Crippen molar-refractivity contribution < 1.29 is 19.8 Å². The molecule has 0 spiro atoms. The zero-order chi connectivity index (χ0) is 35.1. The molecule has 6 heteroatoms. The van der Waals surface area contributed by atoms with Crippen LogP contribution in [-0.4, -0.2) is 22.0 Å². The van der Waals surface area contributed by atoms with E-state index < -0.39 is 0 Å². The molecule has 2 aromatic carbocycles. The lowest BCUT2D eigenvalue weighted by Crippen LogP contribution is -2.19. The fourth-order valence-corrected chi connectivity index (χ4v) is 5.78. The minimum absolute atomic E-state index is 0.0141. The summed E-state index contributed by atoms with van der Waals surface area (Å²) in [6.07, 6.45) is 9.19. The number of carbonyl (C=O) groups excluding carboxylic acids is 2. The van der Waals surface area contributed by atoms with Gasteiger partial charge < -0.3 is 20.8 Å². The second-order valence-corrected chi connectivity index (χ2v) is 17.3. The minimum atomic E-state index is -0.238. The normalized spacial score (nSPS) is 12.7. The molecule has 0 saturated carbocycles. The Morgan fingerprint density at radius 3 is 0.891 bits per heavy atom. The van der Waals surface area contributed by atoms with Gasteiger partial charge in [-0.05, 0) is 58.8 Å². The average Bonchev–Trinajstić information content (AvgIpc) is 2.88. The second kappa shape index (κ2) is 15.7. The summed E-state index contributed by atoms with van der Waals surface area (Å²) >= 11 is 0. The predicted octanol–water partition coefficient (Wildman–Crippen LogP) is 10.8. The molecule has 0 saturated heterocycles. The van der Waals surface area contributed by atoms with E-state index in [-0.39, 0.29) is 33.5 Å². The fourth-order valence-electron chi connectivity index (χ4n) is 5.78. The summed E-state index contributed by atoms with van der Waals surface area (Å²) in [6.45, 7) is 24.8. The number of benzene rings is 2. The first kappa shape index (κ1) is 39.2. The molecule has 0 unspecified atom stereocenters. The summed E-state index contributed by atoms with van der Waals surface area (Å²) in [7, 11) is 0. The smallest absolute Gasteiger partial charge is 0.224 e. The molecule has 2 amide bonds. The lowest BCUT2D eigenvalue weighted by atomic mass is 9.79. The molecule has 46 heavy (non-hydrogen) atoms. The lowest BCUT2D eigenvalue weighted by molar-refractivity contribution is -0.117. The molecule has 0 bridgehead atoms. The van der Waals surface area contributed by atoms with Gasteiger partial charge in [-0.15, -0.1) is 0 Å². The van der Waals surface area contributed by atoms with Crippen molar-refractivity contribution >= 4 is 23.2 Å². The average molecular weight is 637 g/mol. The van der Waals surface area contributed by atoms with Gasteiger partial charge in [-0.1, -0.05) is 122 Å². The van der Waals surface area contributed by atoms with Crippen molar-refractivity contribution in [2.75, 3.05) is 10.6 Å². The van der Waals surface area contributed by atoms with Crippen molar-refractivity contribution in [3.8, 4) is 11.5 Å². The van der Waals surface area contributed by atoms with Gasteiger partial charge in [0.1, 0.15) is 11.5 Å². The third-order valence-corrected chi connectivity index (χ3v) is 8.58. The molecule has 2 rings (SSSR count). The van der Waals surface area contributed by atoms with Gasteiger partial charge in [0.25, 0.3) is 0 Å². The Hall–Kier alpha value is -3.02. The van der Waals surface area contributed by atoms with Crippen LogP contribution < -0.4 is 10.6 Å². The van der Waals surface area contributed by atoms with Crippen LogP contribution in [0.3, 0.4) is 0 Å². The van der Waals surface area contributed by atoms with Crippen molar-refractivity contribution in [3.63, 3.8) is 0 Å². The number of phenolic OH excluding ortho intramolecular Hbond substituents is 2. The molecular weight excluding hydrogens is 572 g/mol. The maximum absolute atomic E-state index is 12.7. The largest absolute Gasteiger partial charge is 0.507 e. The molecule has 0 fully saturated rings. The molecule has 0 heterocycles. The van der Waals surface area contributed by atoms with E-state index in [2.05, 4.69) is 93.7 Å². The van der Waals surface area contributed by atoms with Crippen molar-refractivity contribution in [3.05, 3.63) is 46.5 Å². The zero-order valence-electron chi connectivity index (χ0n) is 31.1. The highest BCUT2D eigenvalue weighted by Gasteiger charge is 2.28. The molecule has 0 aliphatic carbocycles. The molecule has 0 atom stereocenters. The van der Waals surface area contributed by atoms with E-state index in [4.69, 9.17) is 0 Å². The quantitative estimate of drug-likeness (QED) is 0.130. The van der Waals surface area contributed by atoms with Crippen molar-refractivity contribution in [1.82, 2.24) is 0 Å². The summed E-state index contributed by atoms with van der Waals surface area (Å²) in [4.78, 5) is 25.4. The Morgan fingerprint density at radius 2 is 0.674 bits per heavy atom. The third kappa shape index (κ3) is 12.0. The lowest BCUT2D eigenvalue weighted by Gasteiger charge is -2.28. The molecule has 0 radical (unpaired) electrons. The van der Waals surface area contributed by atoms with Crippen molar-refractivity contribution in [1.29, 1.82) is 0 Å². The number of phenols is 2. The number of hydrogen-bond donors (Lipinski definition) is 4. The number of aromatic hydroxyl groups is 2. The number of anilines is 2. The van der Waals surface area contributed by atoms with E-state index in [0.29, 0.717) is 24.3 Å². The Balaban J connectivity index is 1.71. The highest BCUT2D eigenvalue weighted by atomic mass is 16.3. The monoisotopic (exact) mass is 636 g/mol. The van der Waals surface area contributed by atoms with Gasteiger partial charge in [0.15, 0.2) is 0 Å².